The average molecular weight is 325 g/mol. The van der Waals surface area contributed by atoms with E-state index < -0.39 is 0 Å². The number of nitrogens with zero attached hydrogens (tertiary/aromatic N) is 2. The summed E-state index contributed by atoms with van der Waals surface area (Å²) in [4.78, 5) is 7.79. The van der Waals surface area contributed by atoms with Crippen molar-refractivity contribution in [3.8, 4) is 0 Å². The van der Waals surface area contributed by atoms with Crippen molar-refractivity contribution in [3.63, 3.8) is 0 Å². The van der Waals surface area contributed by atoms with Gasteiger partial charge in [-0.3, -0.25) is 0 Å². The predicted molar refractivity (Wildman–Crippen MR) is 92.8 cm³/mol. The second kappa shape index (κ2) is 8.28. The van der Waals surface area contributed by atoms with Crippen LogP contribution in [0.4, 0.5) is 0 Å². The van der Waals surface area contributed by atoms with Gasteiger partial charge in [-0.15, -0.1) is 0 Å². The molecule has 16 heavy (non-hydrogen) atoms. The second-order valence-corrected chi connectivity index (χ2v) is 24.1. The van der Waals surface area contributed by atoms with Crippen molar-refractivity contribution in [2.75, 3.05) is 0 Å². The van der Waals surface area contributed by atoms with Crippen LogP contribution in [0.15, 0.2) is 0 Å². The molecule has 10 heteroatoms. The van der Waals surface area contributed by atoms with Crippen LogP contribution in [-0.2, 0) is 0 Å². The van der Waals surface area contributed by atoms with E-state index in [4.69, 9.17) is 0 Å². The second-order valence-electron chi connectivity index (χ2n) is 5.38. The molecule has 0 spiro atoms. The molecule has 96 valence electrons. The third-order valence-corrected chi connectivity index (χ3v) is 9.58. The van der Waals surface area contributed by atoms with Crippen LogP contribution in [0.3, 0.4) is 0 Å². The maximum absolute atomic E-state index is 3.89. The minimum atomic E-state index is -0.0809. The molecule has 0 aromatic carbocycles. The highest BCUT2D eigenvalue weighted by Gasteiger charge is 2.23. The molecule has 0 bridgehead atoms. The molecule has 1 fully saturated rings. The van der Waals surface area contributed by atoms with Gasteiger partial charge in [0.1, 0.15) is 0 Å². The molecule has 0 aliphatic heterocycles. The SMILES string of the molecule is [SiH3]N([SiH3])[SiH2]NC1CCCCC1N[SiH2]N([SiH3])[SiH3]. The van der Waals surface area contributed by atoms with Gasteiger partial charge in [0.05, 0.1) is 41.6 Å². The highest BCUT2D eigenvalue weighted by Crippen LogP contribution is 2.18. The Bertz CT molecular complexity index is 174. The molecule has 1 aliphatic carbocycles. The van der Waals surface area contributed by atoms with E-state index in [0.29, 0.717) is 0 Å². The number of rotatable bonds is 6. The first-order valence-electron chi connectivity index (χ1n) is 6.36. The zero-order chi connectivity index (χ0) is 12.0. The van der Waals surface area contributed by atoms with Crippen molar-refractivity contribution in [3.05, 3.63) is 0 Å². The Kier molecular flexibility index (Phi) is 7.87. The van der Waals surface area contributed by atoms with Gasteiger partial charge in [0.15, 0.2) is 19.7 Å². The van der Waals surface area contributed by atoms with Gasteiger partial charge in [-0.2, -0.15) is 0 Å². The predicted octanol–water partition coefficient (Wildman–Crippen LogP) is -6.80. The van der Waals surface area contributed by atoms with Crippen LogP contribution in [0.25, 0.3) is 0 Å². The summed E-state index contributed by atoms with van der Waals surface area (Å²) in [5.74, 6) is 0. The van der Waals surface area contributed by atoms with Gasteiger partial charge in [-0.25, -0.2) is 0 Å². The fourth-order valence-electron chi connectivity index (χ4n) is 2.22. The van der Waals surface area contributed by atoms with Crippen molar-refractivity contribution in [1.29, 1.82) is 0 Å². The molecular weight excluding hydrogens is 297 g/mol. The molecule has 2 atom stereocenters. The minimum Gasteiger partial charge on any atom is -0.376 e. The zero-order valence-corrected chi connectivity index (χ0v) is 22.1. The Morgan fingerprint density at radius 3 is 1.50 bits per heavy atom. The van der Waals surface area contributed by atoms with E-state index >= 15 is 0 Å². The largest absolute Gasteiger partial charge is 0.376 e. The maximum atomic E-state index is 3.89. The molecular formula is C6H28N4Si6. The van der Waals surface area contributed by atoms with Gasteiger partial charge in [-0.05, 0) is 12.8 Å². The third-order valence-electron chi connectivity index (χ3n) is 3.11. The molecule has 4 nitrogen and oxygen atoms in total. The minimum absolute atomic E-state index is 0.0809. The monoisotopic (exact) mass is 324 g/mol. The van der Waals surface area contributed by atoms with E-state index in [1.807, 2.05) is 0 Å². The van der Waals surface area contributed by atoms with Gasteiger partial charge < -0.3 is 17.8 Å². The van der Waals surface area contributed by atoms with Gasteiger partial charge in [0.25, 0.3) is 0 Å². The topological polar surface area (TPSA) is 30.5 Å². The summed E-state index contributed by atoms with van der Waals surface area (Å²) in [5, 5.41) is 0. The van der Waals surface area contributed by atoms with Gasteiger partial charge >= 0.3 is 0 Å². The van der Waals surface area contributed by atoms with Crippen LogP contribution in [0.5, 0.6) is 0 Å². The first-order valence-corrected chi connectivity index (χ1v) is 12.6. The van der Waals surface area contributed by atoms with Gasteiger partial charge in [0, 0.05) is 12.1 Å². The molecule has 0 heterocycles. The molecule has 0 radical (unpaired) electrons. The number of nitrogens with one attached hydrogen (secondary N) is 2. The van der Waals surface area contributed by atoms with Crippen LogP contribution in [0, 0.1) is 0 Å². The van der Waals surface area contributed by atoms with Crippen molar-refractivity contribution >= 4 is 61.3 Å². The molecule has 2 unspecified atom stereocenters. The Balaban J connectivity index is 2.31. The smallest absolute Gasteiger partial charge is 0.156 e. The Labute approximate surface area is 117 Å². The van der Waals surface area contributed by atoms with E-state index in [1.165, 1.54) is 67.3 Å². The van der Waals surface area contributed by atoms with Crippen molar-refractivity contribution in [2.24, 2.45) is 0 Å². The summed E-state index contributed by atoms with van der Waals surface area (Å²) in [7, 11) is 4.95. The first kappa shape index (κ1) is 15.2. The standard InChI is InChI=1S/C6H28N4Si6/c11-9(12)15-7-5-3-1-2-4-6(5)8-16-10(13)14/h5-8H,1-4,15-16H2,11-14H3. The first-order chi connectivity index (χ1) is 7.59. The third kappa shape index (κ3) is 6.18. The van der Waals surface area contributed by atoms with Gasteiger partial charge in [0.2, 0.25) is 0 Å². The van der Waals surface area contributed by atoms with E-state index in [2.05, 4.69) is 17.8 Å². The quantitative estimate of drug-likeness (QED) is 0.476. The fourth-order valence-corrected chi connectivity index (χ4v) is 6.59. The highest BCUT2D eigenvalue weighted by atomic mass is 28.3. The van der Waals surface area contributed by atoms with Crippen LogP contribution in [-0.4, -0.2) is 81.2 Å². The summed E-state index contributed by atoms with van der Waals surface area (Å²) in [6, 6.07) is 1.61. The van der Waals surface area contributed by atoms with Crippen LogP contribution < -0.4 is 9.96 Å². The summed E-state index contributed by atoms with van der Waals surface area (Å²) in [5.41, 5.74) is 0. The molecule has 1 rings (SSSR count). The number of hydrogen-bond donors (Lipinski definition) is 2. The molecule has 0 saturated heterocycles. The van der Waals surface area contributed by atoms with Crippen molar-refractivity contribution in [1.82, 2.24) is 17.8 Å². The lowest BCUT2D eigenvalue weighted by molar-refractivity contribution is 0.343. The lowest BCUT2D eigenvalue weighted by Gasteiger charge is -2.35. The summed E-state index contributed by atoms with van der Waals surface area (Å²) >= 11 is 0. The molecule has 0 aromatic heterocycles. The maximum Gasteiger partial charge on any atom is 0.156 e. The Hall–Kier alpha value is 1.14. The molecule has 0 aromatic rings. The fraction of sp³-hybridized carbons (Fsp3) is 1.00. The van der Waals surface area contributed by atoms with E-state index in [9.17, 15) is 0 Å². The highest BCUT2D eigenvalue weighted by molar-refractivity contribution is 6.51. The van der Waals surface area contributed by atoms with E-state index in [-0.39, 0.29) is 19.7 Å². The Morgan fingerprint density at radius 1 is 0.812 bits per heavy atom. The van der Waals surface area contributed by atoms with E-state index in [0.717, 1.165) is 12.1 Å². The van der Waals surface area contributed by atoms with Crippen LogP contribution in [0.1, 0.15) is 25.7 Å². The normalized spacial score (nSPS) is 28.9. The van der Waals surface area contributed by atoms with E-state index in [1.54, 1.807) is 0 Å². The lowest BCUT2D eigenvalue weighted by atomic mass is 9.92. The van der Waals surface area contributed by atoms with Crippen LogP contribution >= 0.6 is 0 Å². The van der Waals surface area contributed by atoms with Crippen molar-refractivity contribution in [2.45, 2.75) is 37.8 Å². The summed E-state index contributed by atoms with van der Waals surface area (Å²) < 4.78 is 5.27. The lowest BCUT2D eigenvalue weighted by Crippen LogP contribution is -2.55. The van der Waals surface area contributed by atoms with Gasteiger partial charge in [-0.1, -0.05) is 12.8 Å². The summed E-state index contributed by atoms with van der Waals surface area (Å²) in [6.07, 6.45) is 5.72. The zero-order valence-electron chi connectivity index (χ0n) is 11.3. The van der Waals surface area contributed by atoms with Crippen LogP contribution in [0.2, 0.25) is 0 Å². The molecule has 2 N–H and O–H groups in total. The average Bonchev–Trinajstić information content (AvgIpc) is 2.24. The molecule has 0 amide bonds. The number of hydrogen-bond acceptors (Lipinski definition) is 4. The summed E-state index contributed by atoms with van der Waals surface area (Å²) in [6.45, 7) is 0. The molecule has 1 aliphatic rings. The molecule has 1 saturated carbocycles. The Morgan fingerprint density at radius 2 is 1.19 bits per heavy atom. The van der Waals surface area contributed by atoms with Crippen molar-refractivity contribution < 1.29 is 0 Å².